The van der Waals surface area contributed by atoms with Crippen LogP contribution >= 0.6 is 0 Å². The number of nitrogens with zero attached hydrogens (tertiary/aromatic N) is 2. The maximum Gasteiger partial charge on any atom is 0.260 e. The van der Waals surface area contributed by atoms with Gasteiger partial charge in [0.2, 0.25) is 0 Å². The van der Waals surface area contributed by atoms with Crippen molar-refractivity contribution in [3.8, 4) is 11.5 Å². The van der Waals surface area contributed by atoms with E-state index in [0.29, 0.717) is 30.4 Å². The summed E-state index contributed by atoms with van der Waals surface area (Å²) in [4.78, 5) is 18.0. The Balaban J connectivity index is 1.55. The van der Waals surface area contributed by atoms with Crippen LogP contribution in [0.4, 0.5) is 5.69 Å². The standard InChI is InChI=1S/C26H35N3O3/c1-19(2)29-21-11-12-22(29)17-28(16-20-7-4-5-10-25(20)27-14-13-21)26(30)18-32-24-9-6-8-23(15-24)31-3/h4-10,15,19,21-22,27H,11-14,16-18H2,1-3H3/t21-,22+/m1/s1. The van der Waals surface area contributed by atoms with Gasteiger partial charge in [0.25, 0.3) is 5.91 Å². The Morgan fingerprint density at radius 1 is 1.06 bits per heavy atom. The molecule has 1 fully saturated rings. The van der Waals surface area contributed by atoms with E-state index < -0.39 is 0 Å². The molecule has 1 amide bonds. The Kier molecular flexibility index (Phi) is 7.20. The third-order valence-electron chi connectivity index (χ3n) is 6.63. The van der Waals surface area contributed by atoms with Gasteiger partial charge in [0.1, 0.15) is 11.5 Å². The molecule has 0 saturated carbocycles. The van der Waals surface area contributed by atoms with E-state index in [4.69, 9.17) is 9.47 Å². The molecule has 2 aliphatic heterocycles. The molecule has 0 spiro atoms. The summed E-state index contributed by atoms with van der Waals surface area (Å²) in [5.41, 5.74) is 2.27. The molecule has 4 rings (SSSR count). The number of carbonyl (C=O) groups excluding carboxylic acids is 1. The van der Waals surface area contributed by atoms with Crippen molar-refractivity contribution >= 4 is 11.6 Å². The van der Waals surface area contributed by atoms with E-state index in [1.807, 2.05) is 29.2 Å². The van der Waals surface area contributed by atoms with Crippen LogP contribution in [0.2, 0.25) is 0 Å². The summed E-state index contributed by atoms with van der Waals surface area (Å²) in [5, 5.41) is 3.62. The van der Waals surface area contributed by atoms with Gasteiger partial charge in [-0.2, -0.15) is 0 Å². The topological polar surface area (TPSA) is 54.0 Å². The second kappa shape index (κ2) is 10.3. The number of ether oxygens (including phenoxy) is 2. The minimum atomic E-state index is 0.00836. The van der Waals surface area contributed by atoms with Crippen LogP contribution in [0.15, 0.2) is 48.5 Å². The molecule has 2 bridgehead atoms. The summed E-state index contributed by atoms with van der Waals surface area (Å²) in [5.74, 6) is 1.37. The van der Waals surface area contributed by atoms with Gasteiger partial charge in [-0.15, -0.1) is 0 Å². The largest absolute Gasteiger partial charge is 0.497 e. The predicted octanol–water partition coefficient (Wildman–Crippen LogP) is 4.16. The van der Waals surface area contributed by atoms with Crippen LogP contribution in [0.5, 0.6) is 11.5 Å². The molecule has 2 aliphatic rings. The zero-order chi connectivity index (χ0) is 22.5. The van der Waals surface area contributed by atoms with Crippen molar-refractivity contribution in [1.82, 2.24) is 9.80 Å². The van der Waals surface area contributed by atoms with Crippen molar-refractivity contribution in [1.29, 1.82) is 0 Å². The van der Waals surface area contributed by atoms with Crippen LogP contribution in [0.3, 0.4) is 0 Å². The summed E-state index contributed by atoms with van der Waals surface area (Å²) in [6.07, 6.45) is 3.44. The Labute approximate surface area is 191 Å². The van der Waals surface area contributed by atoms with E-state index in [9.17, 15) is 4.79 Å². The second-order valence-electron chi connectivity index (χ2n) is 9.04. The summed E-state index contributed by atoms with van der Waals surface area (Å²) in [6.45, 7) is 6.81. The summed E-state index contributed by atoms with van der Waals surface area (Å²) < 4.78 is 11.1. The third-order valence-corrected chi connectivity index (χ3v) is 6.63. The fourth-order valence-electron chi connectivity index (χ4n) is 5.15. The van der Waals surface area contributed by atoms with E-state index in [0.717, 1.165) is 42.9 Å². The highest BCUT2D eigenvalue weighted by Gasteiger charge is 2.37. The molecule has 1 N–H and O–H groups in total. The highest BCUT2D eigenvalue weighted by molar-refractivity contribution is 5.78. The second-order valence-corrected chi connectivity index (χ2v) is 9.04. The minimum absolute atomic E-state index is 0.00836. The Bertz CT molecular complexity index is 917. The van der Waals surface area contributed by atoms with E-state index in [-0.39, 0.29) is 12.5 Å². The normalized spacial score (nSPS) is 21.4. The Morgan fingerprint density at radius 3 is 2.66 bits per heavy atom. The summed E-state index contributed by atoms with van der Waals surface area (Å²) in [6, 6.07) is 17.1. The number of fused-ring (bicyclic) bond motifs is 3. The quantitative estimate of drug-likeness (QED) is 0.761. The molecule has 2 aromatic carbocycles. The van der Waals surface area contributed by atoms with Crippen LogP contribution in [0, 0.1) is 0 Å². The number of methoxy groups -OCH3 is 1. The number of hydrogen-bond donors (Lipinski definition) is 1. The molecule has 2 aromatic rings. The number of carbonyl (C=O) groups is 1. The first kappa shape index (κ1) is 22.5. The zero-order valence-corrected chi connectivity index (χ0v) is 19.4. The van der Waals surface area contributed by atoms with Gasteiger partial charge in [-0.3, -0.25) is 9.69 Å². The fraction of sp³-hybridized carbons (Fsp3) is 0.500. The van der Waals surface area contributed by atoms with Crippen molar-refractivity contribution < 1.29 is 14.3 Å². The third kappa shape index (κ3) is 5.18. The van der Waals surface area contributed by atoms with Crippen LogP contribution < -0.4 is 14.8 Å². The molecule has 6 heteroatoms. The molecule has 6 nitrogen and oxygen atoms in total. The predicted molar refractivity (Wildman–Crippen MR) is 127 cm³/mol. The number of anilines is 1. The number of para-hydroxylation sites is 1. The molecule has 0 aliphatic carbocycles. The number of hydrogen-bond acceptors (Lipinski definition) is 5. The fourth-order valence-corrected chi connectivity index (χ4v) is 5.15. The van der Waals surface area contributed by atoms with Gasteiger partial charge in [0.15, 0.2) is 6.61 Å². The highest BCUT2D eigenvalue weighted by Crippen LogP contribution is 2.31. The van der Waals surface area contributed by atoms with Gasteiger partial charge < -0.3 is 19.7 Å². The molecule has 1 saturated heterocycles. The average molecular weight is 438 g/mol. The molecule has 32 heavy (non-hydrogen) atoms. The molecule has 0 unspecified atom stereocenters. The van der Waals surface area contributed by atoms with E-state index in [2.05, 4.69) is 42.3 Å². The van der Waals surface area contributed by atoms with Crippen LogP contribution in [0.1, 0.15) is 38.7 Å². The summed E-state index contributed by atoms with van der Waals surface area (Å²) >= 11 is 0. The van der Waals surface area contributed by atoms with Gasteiger partial charge in [-0.25, -0.2) is 0 Å². The lowest BCUT2D eigenvalue weighted by Gasteiger charge is -2.36. The number of nitrogens with one attached hydrogen (secondary N) is 1. The number of benzene rings is 2. The van der Waals surface area contributed by atoms with E-state index in [1.165, 1.54) is 6.42 Å². The lowest BCUT2D eigenvalue weighted by Crippen LogP contribution is -2.48. The Morgan fingerprint density at radius 2 is 1.84 bits per heavy atom. The SMILES string of the molecule is COc1cccc(OCC(=O)N2Cc3ccccc3NCC[C@H]3CC[C@@H](C2)N3C(C)C)c1. The van der Waals surface area contributed by atoms with Gasteiger partial charge in [0.05, 0.1) is 7.11 Å². The first-order chi connectivity index (χ1) is 15.5. The van der Waals surface area contributed by atoms with Crippen LogP contribution in [-0.2, 0) is 11.3 Å². The van der Waals surface area contributed by atoms with Gasteiger partial charge in [-0.05, 0) is 56.9 Å². The number of amides is 1. The molecule has 172 valence electrons. The molecule has 2 atom stereocenters. The molecule has 0 radical (unpaired) electrons. The van der Waals surface area contributed by atoms with Crippen molar-refractivity contribution in [3.63, 3.8) is 0 Å². The van der Waals surface area contributed by atoms with Gasteiger partial charge in [0, 0.05) is 49.5 Å². The first-order valence-corrected chi connectivity index (χ1v) is 11.7. The summed E-state index contributed by atoms with van der Waals surface area (Å²) in [7, 11) is 1.62. The van der Waals surface area contributed by atoms with Crippen LogP contribution in [-0.4, -0.2) is 60.6 Å². The van der Waals surface area contributed by atoms with Crippen molar-refractivity contribution in [2.75, 3.05) is 32.1 Å². The first-order valence-electron chi connectivity index (χ1n) is 11.7. The molecular weight excluding hydrogens is 402 g/mol. The van der Waals surface area contributed by atoms with Crippen molar-refractivity contribution in [3.05, 3.63) is 54.1 Å². The van der Waals surface area contributed by atoms with Crippen molar-refractivity contribution in [2.45, 2.75) is 57.8 Å². The lowest BCUT2D eigenvalue weighted by molar-refractivity contribution is -0.135. The molecule has 0 aromatic heterocycles. The zero-order valence-electron chi connectivity index (χ0n) is 19.4. The van der Waals surface area contributed by atoms with Gasteiger partial charge in [-0.1, -0.05) is 24.3 Å². The van der Waals surface area contributed by atoms with E-state index >= 15 is 0 Å². The van der Waals surface area contributed by atoms with Crippen molar-refractivity contribution in [2.24, 2.45) is 0 Å². The maximum atomic E-state index is 13.4. The number of rotatable bonds is 5. The highest BCUT2D eigenvalue weighted by atomic mass is 16.5. The molecular formula is C26H35N3O3. The van der Waals surface area contributed by atoms with E-state index in [1.54, 1.807) is 13.2 Å². The minimum Gasteiger partial charge on any atom is -0.497 e. The Hall–Kier alpha value is -2.73. The maximum absolute atomic E-state index is 13.4. The average Bonchev–Trinajstić information content (AvgIpc) is 3.19. The van der Waals surface area contributed by atoms with Crippen LogP contribution in [0.25, 0.3) is 0 Å². The smallest absolute Gasteiger partial charge is 0.260 e. The van der Waals surface area contributed by atoms with Gasteiger partial charge >= 0.3 is 0 Å². The molecule has 2 heterocycles. The lowest BCUT2D eigenvalue weighted by atomic mass is 10.1. The monoisotopic (exact) mass is 437 g/mol.